The lowest BCUT2D eigenvalue weighted by atomic mass is 10.1. The molecule has 1 aliphatic heterocycles. The van der Waals surface area contributed by atoms with Gasteiger partial charge in [0, 0.05) is 57.4 Å². The predicted molar refractivity (Wildman–Crippen MR) is 92.7 cm³/mol. The van der Waals surface area contributed by atoms with Crippen LogP contribution in [-0.4, -0.2) is 56.1 Å². The normalized spacial score (nSPS) is 18.8. The van der Waals surface area contributed by atoms with Gasteiger partial charge >= 0.3 is 0 Å². The summed E-state index contributed by atoms with van der Waals surface area (Å²) in [7, 11) is 1.88. The van der Waals surface area contributed by atoms with Crippen LogP contribution < -0.4 is 0 Å². The van der Waals surface area contributed by atoms with Crippen LogP contribution in [0.15, 0.2) is 24.5 Å². The first-order valence-electron chi connectivity index (χ1n) is 8.39. The van der Waals surface area contributed by atoms with Gasteiger partial charge in [0.2, 0.25) is 0 Å². The van der Waals surface area contributed by atoms with E-state index in [4.69, 9.17) is 0 Å². The Labute approximate surface area is 143 Å². The zero-order valence-corrected chi connectivity index (χ0v) is 14.9. The van der Waals surface area contributed by atoms with E-state index in [1.807, 2.05) is 38.1 Å². The maximum absolute atomic E-state index is 13.0. The number of hydrogen-bond acceptors (Lipinski definition) is 4. The van der Waals surface area contributed by atoms with Crippen LogP contribution in [0, 0.1) is 13.8 Å². The summed E-state index contributed by atoms with van der Waals surface area (Å²) >= 11 is 0. The van der Waals surface area contributed by atoms with Crippen molar-refractivity contribution in [2.24, 2.45) is 7.05 Å². The molecule has 2 aromatic heterocycles. The minimum absolute atomic E-state index is 0.103. The Morgan fingerprint density at radius 1 is 1.33 bits per heavy atom. The fraction of sp³-hybridized carbons (Fsp3) is 0.500. The Kier molecular flexibility index (Phi) is 4.66. The molecule has 0 aliphatic carbocycles. The summed E-state index contributed by atoms with van der Waals surface area (Å²) in [5, 5.41) is 4.37. The summed E-state index contributed by atoms with van der Waals surface area (Å²) in [6.45, 7) is 9.36. The highest BCUT2D eigenvalue weighted by atomic mass is 16.2. The van der Waals surface area contributed by atoms with E-state index in [1.165, 1.54) is 5.56 Å². The van der Waals surface area contributed by atoms with E-state index in [0.29, 0.717) is 0 Å². The summed E-state index contributed by atoms with van der Waals surface area (Å²) in [6, 6.07) is 4.24. The smallest absolute Gasteiger partial charge is 0.257 e. The lowest BCUT2D eigenvalue weighted by Crippen LogP contribution is -2.53. The molecule has 0 aromatic carbocycles. The van der Waals surface area contributed by atoms with Crippen molar-refractivity contribution in [3.05, 3.63) is 47.0 Å². The molecule has 128 valence electrons. The number of hydrogen-bond donors (Lipinski definition) is 0. The van der Waals surface area contributed by atoms with Gasteiger partial charge in [-0.2, -0.15) is 5.10 Å². The third-order valence-corrected chi connectivity index (χ3v) is 4.82. The van der Waals surface area contributed by atoms with Crippen molar-refractivity contribution in [1.29, 1.82) is 0 Å². The summed E-state index contributed by atoms with van der Waals surface area (Å²) in [5.74, 6) is 0.103. The molecule has 0 spiro atoms. The average Bonchev–Trinajstić information content (AvgIpc) is 2.80. The highest BCUT2D eigenvalue weighted by molar-refractivity contribution is 5.96. The van der Waals surface area contributed by atoms with Crippen molar-refractivity contribution < 1.29 is 4.79 Å². The second-order valence-electron chi connectivity index (χ2n) is 6.61. The zero-order valence-electron chi connectivity index (χ0n) is 14.9. The molecule has 3 rings (SSSR count). The SMILES string of the molecule is Cc1nn(C)c(C)c1C(=O)N1CCN(Cc2cccnc2)CC1C. The molecular formula is C18H25N5O. The first-order valence-corrected chi connectivity index (χ1v) is 8.39. The summed E-state index contributed by atoms with van der Waals surface area (Å²) in [4.78, 5) is 21.5. The van der Waals surface area contributed by atoms with E-state index < -0.39 is 0 Å². The Bertz CT molecular complexity index is 725. The van der Waals surface area contributed by atoms with Gasteiger partial charge in [0.1, 0.15) is 0 Å². The number of piperazine rings is 1. The number of pyridine rings is 1. The summed E-state index contributed by atoms with van der Waals surface area (Å²) in [6.07, 6.45) is 3.70. The minimum atomic E-state index is 0.103. The number of nitrogens with zero attached hydrogens (tertiary/aromatic N) is 5. The topological polar surface area (TPSA) is 54.3 Å². The molecule has 1 atom stereocenters. The zero-order chi connectivity index (χ0) is 17.3. The van der Waals surface area contributed by atoms with Gasteiger partial charge in [0.05, 0.1) is 11.3 Å². The van der Waals surface area contributed by atoms with Crippen LogP contribution in [0.25, 0.3) is 0 Å². The van der Waals surface area contributed by atoms with Gasteiger partial charge in [-0.25, -0.2) is 0 Å². The number of aromatic nitrogens is 3. The quantitative estimate of drug-likeness (QED) is 0.862. The molecule has 6 nitrogen and oxygen atoms in total. The molecule has 0 radical (unpaired) electrons. The Morgan fingerprint density at radius 2 is 2.12 bits per heavy atom. The van der Waals surface area contributed by atoms with Gasteiger partial charge in [0.25, 0.3) is 5.91 Å². The third kappa shape index (κ3) is 3.19. The predicted octanol–water partition coefficient (Wildman–Crippen LogP) is 1.78. The van der Waals surface area contributed by atoms with Crippen molar-refractivity contribution in [3.8, 4) is 0 Å². The van der Waals surface area contributed by atoms with Crippen LogP contribution in [-0.2, 0) is 13.6 Å². The molecule has 1 saturated heterocycles. The first kappa shape index (κ1) is 16.6. The third-order valence-electron chi connectivity index (χ3n) is 4.82. The standard InChI is InChI=1S/C18H25N5O/c1-13-11-22(12-16-6-5-7-19-10-16)8-9-23(13)18(24)17-14(2)20-21(4)15(17)3/h5-7,10,13H,8-9,11-12H2,1-4H3. The van der Waals surface area contributed by atoms with E-state index in [1.54, 1.807) is 10.9 Å². The van der Waals surface area contributed by atoms with E-state index in [2.05, 4.69) is 28.0 Å². The number of carbonyl (C=O) groups is 1. The van der Waals surface area contributed by atoms with Gasteiger partial charge in [-0.1, -0.05) is 6.07 Å². The molecule has 3 heterocycles. The van der Waals surface area contributed by atoms with Crippen molar-refractivity contribution in [2.45, 2.75) is 33.4 Å². The molecule has 0 saturated carbocycles. The first-order chi connectivity index (χ1) is 11.5. The van der Waals surface area contributed by atoms with Crippen LogP contribution in [0.2, 0.25) is 0 Å². The van der Waals surface area contributed by atoms with Crippen molar-refractivity contribution in [2.75, 3.05) is 19.6 Å². The molecule has 1 aliphatic rings. The van der Waals surface area contributed by atoms with Gasteiger partial charge < -0.3 is 4.90 Å². The molecule has 0 bridgehead atoms. The van der Waals surface area contributed by atoms with Crippen LogP contribution in [0.3, 0.4) is 0 Å². The molecular weight excluding hydrogens is 302 g/mol. The van der Waals surface area contributed by atoms with Crippen molar-refractivity contribution in [3.63, 3.8) is 0 Å². The molecule has 24 heavy (non-hydrogen) atoms. The molecule has 0 N–H and O–H groups in total. The van der Waals surface area contributed by atoms with Crippen LogP contribution in [0.1, 0.15) is 34.2 Å². The van der Waals surface area contributed by atoms with Crippen LogP contribution in [0.5, 0.6) is 0 Å². The Hall–Kier alpha value is -2.21. The van der Waals surface area contributed by atoms with Gasteiger partial charge in [0.15, 0.2) is 0 Å². The van der Waals surface area contributed by atoms with E-state index in [0.717, 1.165) is 43.1 Å². The highest BCUT2D eigenvalue weighted by Gasteiger charge is 2.30. The lowest BCUT2D eigenvalue weighted by molar-refractivity contribution is 0.0474. The number of amides is 1. The highest BCUT2D eigenvalue weighted by Crippen LogP contribution is 2.19. The van der Waals surface area contributed by atoms with E-state index in [-0.39, 0.29) is 11.9 Å². The number of aryl methyl sites for hydroxylation is 2. The minimum Gasteiger partial charge on any atom is -0.333 e. The second-order valence-corrected chi connectivity index (χ2v) is 6.61. The average molecular weight is 327 g/mol. The van der Waals surface area contributed by atoms with E-state index >= 15 is 0 Å². The maximum atomic E-state index is 13.0. The molecule has 1 unspecified atom stereocenters. The molecule has 1 fully saturated rings. The largest absolute Gasteiger partial charge is 0.333 e. The van der Waals surface area contributed by atoms with Gasteiger partial charge in [-0.05, 0) is 32.4 Å². The van der Waals surface area contributed by atoms with Crippen molar-refractivity contribution in [1.82, 2.24) is 24.6 Å². The maximum Gasteiger partial charge on any atom is 0.257 e. The van der Waals surface area contributed by atoms with Crippen molar-refractivity contribution >= 4 is 5.91 Å². The van der Waals surface area contributed by atoms with Gasteiger partial charge in [-0.3, -0.25) is 19.4 Å². The van der Waals surface area contributed by atoms with Crippen LogP contribution >= 0.6 is 0 Å². The van der Waals surface area contributed by atoms with Crippen LogP contribution in [0.4, 0.5) is 0 Å². The summed E-state index contributed by atoms with van der Waals surface area (Å²) < 4.78 is 1.78. The van der Waals surface area contributed by atoms with E-state index in [9.17, 15) is 4.79 Å². The monoisotopic (exact) mass is 327 g/mol. The number of rotatable bonds is 3. The molecule has 2 aromatic rings. The molecule has 1 amide bonds. The second kappa shape index (κ2) is 6.73. The summed E-state index contributed by atoms with van der Waals surface area (Å²) in [5.41, 5.74) is 3.71. The fourth-order valence-electron chi connectivity index (χ4n) is 3.45. The number of carbonyl (C=O) groups excluding carboxylic acids is 1. The van der Waals surface area contributed by atoms with Gasteiger partial charge in [-0.15, -0.1) is 0 Å². The fourth-order valence-corrected chi connectivity index (χ4v) is 3.45. The Morgan fingerprint density at radius 3 is 2.71 bits per heavy atom. The molecule has 6 heteroatoms. The Balaban J connectivity index is 1.68. The lowest BCUT2D eigenvalue weighted by Gasteiger charge is -2.40.